The smallest absolute Gasteiger partial charge is 0.0589 e. The summed E-state index contributed by atoms with van der Waals surface area (Å²) in [6.45, 7) is 4.31. The molecule has 2 heteroatoms. The molecular weight excluding hydrogens is 206 g/mol. The molecule has 2 aromatic rings. The second-order valence-electron chi connectivity index (χ2n) is 3.91. The van der Waals surface area contributed by atoms with E-state index in [4.69, 9.17) is 11.6 Å². The Morgan fingerprint density at radius 3 is 2.40 bits per heavy atom. The van der Waals surface area contributed by atoms with Crippen LogP contribution in [0.15, 0.2) is 42.6 Å². The van der Waals surface area contributed by atoms with Crippen molar-refractivity contribution in [1.82, 2.24) is 4.57 Å². The molecule has 0 aliphatic carbocycles. The molecule has 2 rings (SSSR count). The molecular formula is C13H14ClN. The van der Waals surface area contributed by atoms with Crippen molar-refractivity contribution in [2.45, 2.75) is 19.9 Å². The molecule has 0 unspecified atom stereocenters. The third-order valence-corrected chi connectivity index (χ3v) is 2.65. The molecule has 0 radical (unpaired) electrons. The Bertz CT molecular complexity index is 443. The molecule has 0 spiro atoms. The normalized spacial score (nSPS) is 10.9. The van der Waals surface area contributed by atoms with E-state index in [0.29, 0.717) is 6.04 Å². The van der Waals surface area contributed by atoms with Crippen LogP contribution in [0.5, 0.6) is 0 Å². The SMILES string of the molecule is CC(C)n1cc(Cl)cc1-c1ccccc1. The van der Waals surface area contributed by atoms with E-state index in [1.165, 1.54) is 11.3 Å². The van der Waals surface area contributed by atoms with Crippen molar-refractivity contribution in [2.75, 3.05) is 0 Å². The van der Waals surface area contributed by atoms with Crippen molar-refractivity contribution in [3.8, 4) is 11.3 Å². The first kappa shape index (κ1) is 10.3. The Morgan fingerprint density at radius 1 is 1.13 bits per heavy atom. The second-order valence-corrected chi connectivity index (χ2v) is 4.35. The first-order chi connectivity index (χ1) is 7.18. The number of benzene rings is 1. The van der Waals surface area contributed by atoms with E-state index in [2.05, 4.69) is 30.5 Å². The highest BCUT2D eigenvalue weighted by Gasteiger charge is 2.08. The van der Waals surface area contributed by atoms with E-state index >= 15 is 0 Å². The highest BCUT2D eigenvalue weighted by atomic mass is 35.5. The molecule has 0 aliphatic rings. The van der Waals surface area contributed by atoms with Gasteiger partial charge in [-0.3, -0.25) is 0 Å². The number of nitrogens with zero attached hydrogens (tertiary/aromatic N) is 1. The lowest BCUT2D eigenvalue weighted by Gasteiger charge is -2.12. The van der Waals surface area contributed by atoms with Crippen molar-refractivity contribution in [2.24, 2.45) is 0 Å². The number of halogens is 1. The Morgan fingerprint density at radius 2 is 1.80 bits per heavy atom. The summed E-state index contributed by atoms with van der Waals surface area (Å²) >= 11 is 6.04. The predicted octanol–water partition coefficient (Wildman–Crippen LogP) is 4.39. The van der Waals surface area contributed by atoms with E-state index in [1.807, 2.05) is 30.5 Å². The van der Waals surface area contributed by atoms with Crippen LogP contribution in [0.4, 0.5) is 0 Å². The summed E-state index contributed by atoms with van der Waals surface area (Å²) in [5, 5.41) is 0.794. The largest absolute Gasteiger partial charge is 0.343 e. The number of rotatable bonds is 2. The predicted molar refractivity (Wildman–Crippen MR) is 65.3 cm³/mol. The summed E-state index contributed by atoms with van der Waals surface area (Å²) in [4.78, 5) is 0. The zero-order chi connectivity index (χ0) is 10.8. The van der Waals surface area contributed by atoms with Gasteiger partial charge in [0.15, 0.2) is 0 Å². The second kappa shape index (κ2) is 4.11. The Kier molecular flexibility index (Phi) is 2.83. The molecule has 0 bridgehead atoms. The molecule has 1 nitrogen and oxygen atoms in total. The van der Waals surface area contributed by atoms with Gasteiger partial charge in [0.25, 0.3) is 0 Å². The van der Waals surface area contributed by atoms with E-state index in [0.717, 1.165) is 5.02 Å². The third-order valence-electron chi connectivity index (χ3n) is 2.44. The van der Waals surface area contributed by atoms with E-state index in [-0.39, 0.29) is 0 Å². The Balaban J connectivity index is 2.53. The number of aromatic nitrogens is 1. The summed E-state index contributed by atoms with van der Waals surface area (Å²) < 4.78 is 2.19. The molecule has 0 aliphatic heterocycles. The maximum Gasteiger partial charge on any atom is 0.0589 e. The molecule has 0 fully saturated rings. The summed E-state index contributed by atoms with van der Waals surface area (Å²) in [6.07, 6.45) is 1.98. The molecule has 78 valence electrons. The van der Waals surface area contributed by atoms with Crippen molar-refractivity contribution in [3.63, 3.8) is 0 Å². The topological polar surface area (TPSA) is 4.93 Å². The molecule has 0 saturated carbocycles. The van der Waals surface area contributed by atoms with Crippen LogP contribution < -0.4 is 0 Å². The monoisotopic (exact) mass is 219 g/mol. The van der Waals surface area contributed by atoms with E-state index in [9.17, 15) is 0 Å². The first-order valence-corrected chi connectivity index (χ1v) is 5.49. The average molecular weight is 220 g/mol. The summed E-state index contributed by atoms with van der Waals surface area (Å²) in [7, 11) is 0. The van der Waals surface area contributed by atoms with Crippen molar-refractivity contribution in [1.29, 1.82) is 0 Å². The van der Waals surface area contributed by atoms with Crippen molar-refractivity contribution in [3.05, 3.63) is 47.6 Å². The fraction of sp³-hybridized carbons (Fsp3) is 0.231. The minimum absolute atomic E-state index is 0.424. The molecule has 0 saturated heterocycles. The van der Waals surface area contributed by atoms with Gasteiger partial charge in [0.05, 0.1) is 5.02 Å². The highest BCUT2D eigenvalue weighted by molar-refractivity contribution is 6.30. The standard InChI is InChI=1S/C13H14ClN/c1-10(2)15-9-12(14)8-13(15)11-6-4-3-5-7-11/h3-10H,1-2H3. The van der Waals surface area contributed by atoms with Crippen molar-refractivity contribution < 1.29 is 0 Å². The minimum Gasteiger partial charge on any atom is -0.343 e. The van der Waals surface area contributed by atoms with Gasteiger partial charge in [0, 0.05) is 17.9 Å². The third kappa shape index (κ3) is 2.07. The Labute approximate surface area is 95.3 Å². The molecule has 0 N–H and O–H groups in total. The van der Waals surface area contributed by atoms with Gasteiger partial charge < -0.3 is 4.57 Å². The van der Waals surface area contributed by atoms with Crippen LogP contribution in [0.1, 0.15) is 19.9 Å². The van der Waals surface area contributed by atoms with E-state index in [1.54, 1.807) is 0 Å². The van der Waals surface area contributed by atoms with E-state index < -0.39 is 0 Å². The van der Waals surface area contributed by atoms with Crippen LogP contribution in [-0.2, 0) is 0 Å². The van der Waals surface area contributed by atoms with Crippen molar-refractivity contribution >= 4 is 11.6 Å². The number of hydrogen-bond donors (Lipinski definition) is 0. The fourth-order valence-corrected chi connectivity index (χ4v) is 1.92. The fourth-order valence-electron chi connectivity index (χ4n) is 1.71. The van der Waals surface area contributed by atoms with Gasteiger partial charge in [-0.2, -0.15) is 0 Å². The summed E-state index contributed by atoms with van der Waals surface area (Å²) in [6, 6.07) is 12.7. The molecule has 0 amide bonds. The van der Waals surface area contributed by atoms with Crippen LogP contribution in [0.3, 0.4) is 0 Å². The maximum absolute atomic E-state index is 6.04. The van der Waals surface area contributed by atoms with Gasteiger partial charge in [-0.15, -0.1) is 0 Å². The van der Waals surface area contributed by atoms with Crippen LogP contribution in [0, 0.1) is 0 Å². The number of hydrogen-bond acceptors (Lipinski definition) is 0. The lowest BCUT2D eigenvalue weighted by atomic mass is 10.1. The summed E-state index contributed by atoms with van der Waals surface area (Å²) in [5.74, 6) is 0. The molecule has 0 atom stereocenters. The maximum atomic E-state index is 6.04. The van der Waals surface area contributed by atoms with Gasteiger partial charge in [0.1, 0.15) is 0 Å². The molecule has 1 aromatic heterocycles. The molecule has 1 aromatic carbocycles. The quantitative estimate of drug-likeness (QED) is 0.706. The van der Waals surface area contributed by atoms with Gasteiger partial charge in [0.2, 0.25) is 0 Å². The van der Waals surface area contributed by atoms with Gasteiger partial charge in [-0.1, -0.05) is 41.9 Å². The Hall–Kier alpha value is -1.21. The van der Waals surface area contributed by atoms with Crippen LogP contribution in [0.25, 0.3) is 11.3 Å². The van der Waals surface area contributed by atoms with Crippen LogP contribution in [0.2, 0.25) is 5.02 Å². The van der Waals surface area contributed by atoms with Crippen LogP contribution >= 0.6 is 11.6 Å². The van der Waals surface area contributed by atoms with Crippen LogP contribution in [-0.4, -0.2) is 4.57 Å². The summed E-state index contributed by atoms with van der Waals surface area (Å²) in [5.41, 5.74) is 2.38. The lowest BCUT2D eigenvalue weighted by Crippen LogP contribution is -2.00. The zero-order valence-corrected chi connectivity index (χ0v) is 9.70. The zero-order valence-electron chi connectivity index (χ0n) is 8.94. The van der Waals surface area contributed by atoms with Gasteiger partial charge in [-0.25, -0.2) is 0 Å². The highest BCUT2D eigenvalue weighted by Crippen LogP contribution is 2.27. The molecule has 15 heavy (non-hydrogen) atoms. The minimum atomic E-state index is 0.424. The average Bonchev–Trinajstić information content (AvgIpc) is 2.62. The first-order valence-electron chi connectivity index (χ1n) is 5.11. The lowest BCUT2D eigenvalue weighted by molar-refractivity contribution is 0.610. The van der Waals surface area contributed by atoms with Gasteiger partial charge >= 0.3 is 0 Å². The molecule has 1 heterocycles. The van der Waals surface area contributed by atoms with Gasteiger partial charge in [-0.05, 0) is 25.5 Å².